The van der Waals surface area contributed by atoms with E-state index in [0.29, 0.717) is 0 Å². The quantitative estimate of drug-likeness (QED) is 0.738. The summed E-state index contributed by atoms with van der Waals surface area (Å²) in [6, 6.07) is 0. The molecule has 0 aliphatic heterocycles. The molecule has 0 aromatic carbocycles. The minimum Gasteiger partial charge on any atom is -0.331 e. The number of hydrogen-bond acceptors (Lipinski definition) is 1. The number of rotatable bonds is 3. The standard InChI is InChI=1S/C11H16N2.C2H6/c1-2-3-8-13-9-12-10-6-4-5-7-11(10)13;1-2/h5,7,9H,2-4,6,8H2,1H3;1-2H3. The van der Waals surface area contributed by atoms with Crippen molar-refractivity contribution in [3.63, 3.8) is 0 Å². The molecule has 0 saturated carbocycles. The Morgan fingerprint density at radius 1 is 1.40 bits per heavy atom. The molecule has 1 heterocycles. The number of nitrogens with zero attached hydrogens (tertiary/aromatic N) is 2. The fourth-order valence-corrected chi connectivity index (χ4v) is 1.74. The van der Waals surface area contributed by atoms with Crippen molar-refractivity contribution in [2.24, 2.45) is 0 Å². The Hall–Kier alpha value is -1.05. The summed E-state index contributed by atoms with van der Waals surface area (Å²) >= 11 is 0. The van der Waals surface area contributed by atoms with Crippen LogP contribution >= 0.6 is 0 Å². The summed E-state index contributed by atoms with van der Waals surface area (Å²) < 4.78 is 2.27. The molecule has 1 aromatic rings. The number of imidazole rings is 1. The first-order valence-electron chi connectivity index (χ1n) is 6.12. The van der Waals surface area contributed by atoms with E-state index in [1.165, 1.54) is 24.2 Å². The molecular weight excluding hydrogens is 184 g/mol. The van der Waals surface area contributed by atoms with Crippen molar-refractivity contribution >= 4 is 6.08 Å². The Labute approximate surface area is 93.0 Å². The van der Waals surface area contributed by atoms with Crippen molar-refractivity contribution in [3.05, 3.63) is 23.8 Å². The molecule has 84 valence electrons. The number of fused-ring (bicyclic) bond motifs is 1. The van der Waals surface area contributed by atoms with Gasteiger partial charge in [-0.3, -0.25) is 0 Å². The van der Waals surface area contributed by atoms with Crippen LogP contribution in [0.3, 0.4) is 0 Å². The Bertz CT molecular complexity index is 310. The Morgan fingerprint density at radius 2 is 2.20 bits per heavy atom. The topological polar surface area (TPSA) is 17.8 Å². The number of hydrogen-bond donors (Lipinski definition) is 0. The summed E-state index contributed by atoms with van der Waals surface area (Å²) in [5.41, 5.74) is 2.61. The molecule has 0 bridgehead atoms. The molecule has 0 unspecified atom stereocenters. The lowest BCUT2D eigenvalue weighted by Gasteiger charge is -2.08. The average Bonchev–Trinajstić information content (AvgIpc) is 2.72. The molecule has 2 heteroatoms. The van der Waals surface area contributed by atoms with Gasteiger partial charge in [0.25, 0.3) is 0 Å². The van der Waals surface area contributed by atoms with Crippen molar-refractivity contribution in [2.75, 3.05) is 0 Å². The lowest BCUT2D eigenvalue weighted by atomic mass is 10.1. The van der Waals surface area contributed by atoms with Crippen LogP contribution in [0.1, 0.15) is 51.4 Å². The lowest BCUT2D eigenvalue weighted by Crippen LogP contribution is -2.01. The van der Waals surface area contributed by atoms with E-state index in [-0.39, 0.29) is 0 Å². The normalized spacial score (nSPS) is 13.0. The molecule has 1 aromatic heterocycles. The average molecular weight is 206 g/mol. The van der Waals surface area contributed by atoms with Gasteiger partial charge in [-0.1, -0.05) is 33.3 Å². The second-order valence-corrected chi connectivity index (χ2v) is 3.56. The Balaban J connectivity index is 0.000000531. The molecule has 0 spiro atoms. The molecule has 0 radical (unpaired) electrons. The van der Waals surface area contributed by atoms with Gasteiger partial charge in [-0.15, -0.1) is 0 Å². The maximum absolute atomic E-state index is 4.42. The molecule has 2 rings (SSSR count). The largest absolute Gasteiger partial charge is 0.331 e. The van der Waals surface area contributed by atoms with Crippen LogP contribution in [0.5, 0.6) is 0 Å². The van der Waals surface area contributed by atoms with Crippen LogP contribution in [-0.2, 0) is 13.0 Å². The zero-order chi connectivity index (χ0) is 11.1. The van der Waals surface area contributed by atoms with Gasteiger partial charge in [-0.05, 0) is 25.3 Å². The molecule has 2 nitrogen and oxygen atoms in total. The summed E-state index contributed by atoms with van der Waals surface area (Å²) in [6.07, 6.45) is 11.2. The van der Waals surface area contributed by atoms with Crippen LogP contribution < -0.4 is 0 Å². The van der Waals surface area contributed by atoms with E-state index in [4.69, 9.17) is 0 Å². The Kier molecular flexibility index (Phi) is 5.16. The van der Waals surface area contributed by atoms with E-state index in [1.54, 1.807) is 0 Å². The van der Waals surface area contributed by atoms with Gasteiger partial charge < -0.3 is 4.57 Å². The van der Waals surface area contributed by atoms with E-state index in [9.17, 15) is 0 Å². The maximum Gasteiger partial charge on any atom is 0.0954 e. The molecule has 15 heavy (non-hydrogen) atoms. The SMILES string of the molecule is CC.CCCCn1cnc2c1C=CCC2. The molecule has 0 saturated heterocycles. The third-order valence-electron chi connectivity index (χ3n) is 2.53. The monoisotopic (exact) mass is 206 g/mol. The van der Waals surface area contributed by atoms with Gasteiger partial charge in [-0.2, -0.15) is 0 Å². The predicted octanol–water partition coefficient (Wildman–Crippen LogP) is 3.67. The molecule has 1 aliphatic carbocycles. The predicted molar refractivity (Wildman–Crippen MR) is 65.8 cm³/mol. The van der Waals surface area contributed by atoms with Gasteiger partial charge in [0.05, 0.1) is 17.7 Å². The van der Waals surface area contributed by atoms with Gasteiger partial charge in [0, 0.05) is 6.54 Å². The molecular formula is C13H22N2. The highest BCUT2D eigenvalue weighted by Gasteiger charge is 2.09. The van der Waals surface area contributed by atoms with E-state index < -0.39 is 0 Å². The van der Waals surface area contributed by atoms with Crippen LogP contribution in [-0.4, -0.2) is 9.55 Å². The van der Waals surface area contributed by atoms with Gasteiger partial charge in [0.1, 0.15) is 0 Å². The van der Waals surface area contributed by atoms with Gasteiger partial charge in [-0.25, -0.2) is 4.98 Å². The van der Waals surface area contributed by atoms with Crippen LogP contribution in [0.25, 0.3) is 6.08 Å². The smallest absolute Gasteiger partial charge is 0.0954 e. The summed E-state index contributed by atoms with van der Waals surface area (Å²) in [5, 5.41) is 0. The molecule has 1 aliphatic rings. The van der Waals surface area contributed by atoms with Crippen molar-refractivity contribution in [1.29, 1.82) is 0 Å². The summed E-state index contributed by atoms with van der Waals surface area (Å²) in [6.45, 7) is 7.34. The second-order valence-electron chi connectivity index (χ2n) is 3.56. The maximum atomic E-state index is 4.42. The summed E-state index contributed by atoms with van der Waals surface area (Å²) in [5.74, 6) is 0. The van der Waals surface area contributed by atoms with E-state index in [0.717, 1.165) is 19.4 Å². The van der Waals surface area contributed by atoms with Gasteiger partial charge in [0.15, 0.2) is 0 Å². The minimum atomic E-state index is 1.11. The fraction of sp³-hybridized carbons (Fsp3) is 0.615. The first-order chi connectivity index (χ1) is 7.42. The first-order valence-corrected chi connectivity index (χ1v) is 6.12. The zero-order valence-corrected chi connectivity index (χ0v) is 10.2. The van der Waals surface area contributed by atoms with Crippen LogP contribution in [0.2, 0.25) is 0 Å². The lowest BCUT2D eigenvalue weighted by molar-refractivity contribution is 0.626. The van der Waals surface area contributed by atoms with E-state index >= 15 is 0 Å². The summed E-state index contributed by atoms with van der Waals surface area (Å²) in [4.78, 5) is 4.42. The van der Waals surface area contributed by atoms with E-state index in [2.05, 4.69) is 28.6 Å². The second kappa shape index (κ2) is 6.44. The highest BCUT2D eigenvalue weighted by atomic mass is 15.1. The summed E-state index contributed by atoms with van der Waals surface area (Å²) in [7, 11) is 0. The van der Waals surface area contributed by atoms with Crippen LogP contribution in [0.4, 0.5) is 0 Å². The number of unbranched alkanes of at least 4 members (excludes halogenated alkanes) is 1. The van der Waals surface area contributed by atoms with Crippen LogP contribution in [0, 0.1) is 0 Å². The zero-order valence-electron chi connectivity index (χ0n) is 10.2. The highest BCUT2D eigenvalue weighted by Crippen LogP contribution is 2.17. The van der Waals surface area contributed by atoms with Crippen molar-refractivity contribution in [2.45, 2.75) is 53.0 Å². The highest BCUT2D eigenvalue weighted by molar-refractivity contribution is 5.50. The third kappa shape index (κ3) is 2.95. The van der Waals surface area contributed by atoms with Crippen LogP contribution in [0.15, 0.2) is 12.4 Å². The molecule has 0 amide bonds. The fourth-order valence-electron chi connectivity index (χ4n) is 1.74. The van der Waals surface area contributed by atoms with E-state index in [1.807, 2.05) is 20.2 Å². The number of aryl methyl sites for hydroxylation is 2. The van der Waals surface area contributed by atoms with Crippen molar-refractivity contribution in [1.82, 2.24) is 9.55 Å². The minimum absolute atomic E-state index is 1.11. The third-order valence-corrected chi connectivity index (χ3v) is 2.53. The molecule has 0 atom stereocenters. The first kappa shape index (κ1) is 12.0. The van der Waals surface area contributed by atoms with Gasteiger partial charge >= 0.3 is 0 Å². The van der Waals surface area contributed by atoms with Gasteiger partial charge in [0.2, 0.25) is 0 Å². The van der Waals surface area contributed by atoms with Crippen molar-refractivity contribution in [3.8, 4) is 0 Å². The molecule has 0 fully saturated rings. The molecule has 0 N–H and O–H groups in total. The number of allylic oxidation sites excluding steroid dienone is 1. The number of aromatic nitrogens is 2. The van der Waals surface area contributed by atoms with Crippen molar-refractivity contribution < 1.29 is 0 Å². The Morgan fingerprint density at radius 3 is 2.93 bits per heavy atom.